The number of hydrogen-bond acceptors (Lipinski definition) is 3. The fourth-order valence-corrected chi connectivity index (χ4v) is 1.73. The maximum Gasteiger partial charge on any atom is 0.0768 e. The molecule has 1 atom stereocenters. The third kappa shape index (κ3) is 7.74. The molecule has 0 saturated carbocycles. The summed E-state index contributed by atoms with van der Waals surface area (Å²) in [6.45, 7) is 14.4. The lowest BCUT2D eigenvalue weighted by Gasteiger charge is -2.35. The topological polar surface area (TPSA) is 26.7 Å². The molecule has 104 valence electrons. The summed E-state index contributed by atoms with van der Waals surface area (Å²) >= 11 is 0. The van der Waals surface area contributed by atoms with Crippen LogP contribution in [0.25, 0.3) is 0 Å². The molecular formula is C14H32N2O. The van der Waals surface area contributed by atoms with E-state index in [-0.39, 0.29) is 5.92 Å². The molecule has 1 unspecified atom stereocenters. The quantitative estimate of drug-likeness (QED) is 0.706. The van der Waals surface area contributed by atoms with Crippen LogP contribution in [0.3, 0.4) is 0 Å². The Bertz CT molecular complexity index is 200. The maximum atomic E-state index is 10.4. The fraction of sp³-hybridized carbons (Fsp3) is 1.00. The average Bonchev–Trinajstić information content (AvgIpc) is 2.12. The summed E-state index contributed by atoms with van der Waals surface area (Å²) in [5, 5.41) is 10.4. The molecule has 0 amide bonds. The average molecular weight is 244 g/mol. The molecule has 3 nitrogen and oxygen atoms in total. The van der Waals surface area contributed by atoms with Crippen molar-refractivity contribution in [1.29, 1.82) is 0 Å². The highest BCUT2D eigenvalue weighted by Gasteiger charge is 2.27. The van der Waals surface area contributed by atoms with Gasteiger partial charge in [0.05, 0.1) is 5.60 Å². The molecule has 0 aromatic carbocycles. The van der Waals surface area contributed by atoms with Crippen LogP contribution >= 0.6 is 0 Å². The van der Waals surface area contributed by atoms with Crippen LogP contribution in [0.15, 0.2) is 0 Å². The van der Waals surface area contributed by atoms with E-state index in [1.165, 1.54) is 0 Å². The van der Waals surface area contributed by atoms with Gasteiger partial charge in [0.25, 0.3) is 0 Å². The number of hydrogen-bond donors (Lipinski definition) is 1. The molecule has 17 heavy (non-hydrogen) atoms. The van der Waals surface area contributed by atoms with Crippen LogP contribution in [-0.4, -0.2) is 60.8 Å². The van der Waals surface area contributed by atoms with Gasteiger partial charge in [-0.1, -0.05) is 27.7 Å². The Balaban J connectivity index is 4.37. The second-order valence-corrected chi connectivity index (χ2v) is 6.44. The molecule has 0 spiro atoms. The van der Waals surface area contributed by atoms with E-state index in [0.29, 0.717) is 5.92 Å². The largest absolute Gasteiger partial charge is 0.389 e. The lowest BCUT2D eigenvalue weighted by Crippen LogP contribution is -2.47. The summed E-state index contributed by atoms with van der Waals surface area (Å²) < 4.78 is 0. The summed E-state index contributed by atoms with van der Waals surface area (Å²) in [4.78, 5) is 4.57. The van der Waals surface area contributed by atoms with Gasteiger partial charge in [-0.3, -0.25) is 4.90 Å². The van der Waals surface area contributed by atoms with E-state index in [4.69, 9.17) is 0 Å². The van der Waals surface area contributed by atoms with E-state index in [0.717, 1.165) is 26.2 Å². The number of nitrogens with zero attached hydrogens (tertiary/aromatic N) is 2. The molecular weight excluding hydrogens is 212 g/mol. The van der Waals surface area contributed by atoms with Crippen LogP contribution in [0.1, 0.15) is 34.6 Å². The van der Waals surface area contributed by atoms with Crippen LogP contribution in [0.4, 0.5) is 0 Å². The second-order valence-electron chi connectivity index (χ2n) is 6.44. The van der Waals surface area contributed by atoms with Gasteiger partial charge in [-0.25, -0.2) is 0 Å². The van der Waals surface area contributed by atoms with E-state index >= 15 is 0 Å². The van der Waals surface area contributed by atoms with Gasteiger partial charge in [0.2, 0.25) is 0 Å². The molecule has 0 aliphatic heterocycles. The van der Waals surface area contributed by atoms with Crippen molar-refractivity contribution in [2.75, 3.05) is 40.3 Å². The highest BCUT2D eigenvalue weighted by atomic mass is 16.3. The molecule has 1 N–H and O–H groups in total. The second kappa shape index (κ2) is 7.34. The first kappa shape index (κ1) is 16.9. The molecule has 0 aromatic heterocycles. The van der Waals surface area contributed by atoms with Crippen molar-refractivity contribution < 1.29 is 5.11 Å². The minimum Gasteiger partial charge on any atom is -0.389 e. The summed E-state index contributed by atoms with van der Waals surface area (Å²) in [5.74, 6) is 0.927. The summed E-state index contributed by atoms with van der Waals surface area (Å²) in [5.41, 5.74) is -0.596. The van der Waals surface area contributed by atoms with E-state index in [1.54, 1.807) is 0 Å². The lowest BCUT2D eigenvalue weighted by atomic mass is 9.91. The molecule has 0 fully saturated rings. The number of aliphatic hydroxyl groups is 1. The van der Waals surface area contributed by atoms with Crippen molar-refractivity contribution >= 4 is 0 Å². The maximum absolute atomic E-state index is 10.4. The Labute approximate surface area is 108 Å². The Morgan fingerprint density at radius 1 is 1.06 bits per heavy atom. The zero-order chi connectivity index (χ0) is 13.6. The fourth-order valence-electron chi connectivity index (χ4n) is 1.73. The van der Waals surface area contributed by atoms with Crippen LogP contribution in [-0.2, 0) is 0 Å². The molecule has 0 aromatic rings. The summed E-state index contributed by atoms with van der Waals surface area (Å²) in [6, 6.07) is 0. The Hall–Kier alpha value is -0.120. The number of likely N-dealkylation sites (N-methyl/N-ethyl adjacent to an activating group) is 1. The van der Waals surface area contributed by atoms with E-state index < -0.39 is 5.60 Å². The van der Waals surface area contributed by atoms with Gasteiger partial charge in [-0.05, 0) is 32.9 Å². The van der Waals surface area contributed by atoms with Gasteiger partial charge < -0.3 is 10.0 Å². The third-order valence-corrected chi connectivity index (χ3v) is 3.27. The molecule has 0 heterocycles. The molecule has 3 heteroatoms. The van der Waals surface area contributed by atoms with Crippen molar-refractivity contribution in [1.82, 2.24) is 9.80 Å². The van der Waals surface area contributed by atoms with Crippen LogP contribution in [0, 0.1) is 11.8 Å². The number of rotatable bonds is 8. The van der Waals surface area contributed by atoms with E-state index in [1.807, 2.05) is 6.92 Å². The molecule has 0 saturated heterocycles. The van der Waals surface area contributed by atoms with Gasteiger partial charge in [0, 0.05) is 26.2 Å². The van der Waals surface area contributed by atoms with Gasteiger partial charge in [0.1, 0.15) is 0 Å². The van der Waals surface area contributed by atoms with Gasteiger partial charge in [0.15, 0.2) is 0 Å². The van der Waals surface area contributed by atoms with Crippen molar-refractivity contribution in [2.45, 2.75) is 40.2 Å². The minimum atomic E-state index is -0.596. The first-order valence-corrected chi connectivity index (χ1v) is 6.74. The molecule has 0 bridgehead atoms. The lowest BCUT2D eigenvalue weighted by molar-refractivity contribution is -0.0220. The first-order chi connectivity index (χ1) is 7.65. The highest BCUT2D eigenvalue weighted by Crippen LogP contribution is 2.18. The molecule has 0 aliphatic rings. The predicted octanol–water partition coefficient (Wildman–Crippen LogP) is 1.91. The first-order valence-electron chi connectivity index (χ1n) is 6.74. The SMILES string of the molecule is CC(C)CN(CCN(C)C)CC(C)(O)C(C)C. The molecule has 0 rings (SSSR count). The monoisotopic (exact) mass is 244 g/mol. The third-order valence-electron chi connectivity index (χ3n) is 3.27. The van der Waals surface area contributed by atoms with E-state index in [2.05, 4.69) is 51.6 Å². The van der Waals surface area contributed by atoms with Crippen molar-refractivity contribution in [3.8, 4) is 0 Å². The normalized spacial score (nSPS) is 16.2. The molecule has 0 aliphatic carbocycles. The smallest absolute Gasteiger partial charge is 0.0768 e. The van der Waals surface area contributed by atoms with Crippen LogP contribution in [0.5, 0.6) is 0 Å². The summed E-state index contributed by atoms with van der Waals surface area (Å²) in [7, 11) is 4.18. The van der Waals surface area contributed by atoms with Crippen LogP contribution < -0.4 is 0 Å². The van der Waals surface area contributed by atoms with Gasteiger partial charge in [-0.15, -0.1) is 0 Å². The van der Waals surface area contributed by atoms with Gasteiger partial charge in [-0.2, -0.15) is 0 Å². The summed E-state index contributed by atoms with van der Waals surface area (Å²) in [6.07, 6.45) is 0. The van der Waals surface area contributed by atoms with Gasteiger partial charge >= 0.3 is 0 Å². The standard InChI is InChI=1S/C14H32N2O/c1-12(2)10-16(9-8-15(6)7)11-14(5,17)13(3)4/h12-13,17H,8-11H2,1-7H3. The van der Waals surface area contributed by atoms with Crippen molar-refractivity contribution in [3.63, 3.8) is 0 Å². The van der Waals surface area contributed by atoms with Crippen molar-refractivity contribution in [3.05, 3.63) is 0 Å². The Morgan fingerprint density at radius 2 is 1.59 bits per heavy atom. The highest BCUT2D eigenvalue weighted by molar-refractivity contribution is 4.81. The molecule has 0 radical (unpaired) electrons. The predicted molar refractivity (Wildman–Crippen MR) is 75.3 cm³/mol. The zero-order valence-electron chi connectivity index (χ0n) is 12.8. The zero-order valence-corrected chi connectivity index (χ0v) is 12.8. The Kier molecular flexibility index (Phi) is 7.29. The minimum absolute atomic E-state index is 0.288. The van der Waals surface area contributed by atoms with Crippen LogP contribution in [0.2, 0.25) is 0 Å². The van der Waals surface area contributed by atoms with Crippen molar-refractivity contribution in [2.24, 2.45) is 11.8 Å². The Morgan fingerprint density at radius 3 is 1.94 bits per heavy atom. The van der Waals surface area contributed by atoms with E-state index in [9.17, 15) is 5.11 Å².